The standard InChI is InChI=1S/C21H23N3O2/c1-14-6-4-7-17(12-14)21-23-20(26-24-21)9-5-8-19(25)22-18-13-15(2)10-11-16(18)3/h4,6-7,10-13H,5,8-9H2,1-3H3,(H,22,25). The van der Waals surface area contributed by atoms with Crippen LogP contribution in [0.5, 0.6) is 0 Å². The number of benzene rings is 2. The zero-order chi connectivity index (χ0) is 18.5. The van der Waals surface area contributed by atoms with Gasteiger partial charge in [0, 0.05) is 24.1 Å². The van der Waals surface area contributed by atoms with Crippen LogP contribution in [0.4, 0.5) is 5.69 Å². The second kappa shape index (κ2) is 7.95. The first kappa shape index (κ1) is 17.9. The molecule has 3 rings (SSSR count). The van der Waals surface area contributed by atoms with Gasteiger partial charge in [0.1, 0.15) is 0 Å². The van der Waals surface area contributed by atoms with Gasteiger partial charge in [-0.15, -0.1) is 0 Å². The molecule has 5 heteroatoms. The van der Waals surface area contributed by atoms with Crippen LogP contribution in [-0.4, -0.2) is 16.0 Å². The van der Waals surface area contributed by atoms with Gasteiger partial charge in [-0.05, 0) is 50.5 Å². The third-order valence-corrected chi connectivity index (χ3v) is 4.21. The molecule has 2 aromatic carbocycles. The van der Waals surface area contributed by atoms with Crippen LogP contribution in [0.2, 0.25) is 0 Å². The lowest BCUT2D eigenvalue weighted by molar-refractivity contribution is -0.116. The Morgan fingerprint density at radius 2 is 1.88 bits per heavy atom. The maximum Gasteiger partial charge on any atom is 0.226 e. The summed E-state index contributed by atoms with van der Waals surface area (Å²) in [5.74, 6) is 1.14. The maximum atomic E-state index is 12.2. The van der Waals surface area contributed by atoms with E-state index in [1.807, 2.05) is 63.2 Å². The summed E-state index contributed by atoms with van der Waals surface area (Å²) < 4.78 is 5.30. The zero-order valence-electron chi connectivity index (χ0n) is 15.4. The highest BCUT2D eigenvalue weighted by Crippen LogP contribution is 2.19. The molecule has 0 saturated carbocycles. The van der Waals surface area contributed by atoms with Gasteiger partial charge in [0.25, 0.3) is 0 Å². The zero-order valence-corrected chi connectivity index (χ0v) is 15.4. The first-order chi connectivity index (χ1) is 12.5. The van der Waals surface area contributed by atoms with Crippen molar-refractivity contribution in [2.24, 2.45) is 0 Å². The number of aryl methyl sites for hydroxylation is 4. The van der Waals surface area contributed by atoms with E-state index >= 15 is 0 Å². The van der Waals surface area contributed by atoms with Crippen molar-refractivity contribution >= 4 is 11.6 Å². The van der Waals surface area contributed by atoms with Crippen molar-refractivity contribution in [3.05, 3.63) is 65.0 Å². The lowest BCUT2D eigenvalue weighted by Crippen LogP contribution is -2.12. The lowest BCUT2D eigenvalue weighted by atomic mass is 10.1. The maximum absolute atomic E-state index is 12.2. The van der Waals surface area contributed by atoms with Gasteiger partial charge in [0.2, 0.25) is 17.6 Å². The van der Waals surface area contributed by atoms with E-state index in [9.17, 15) is 4.79 Å². The van der Waals surface area contributed by atoms with Crippen LogP contribution in [0.15, 0.2) is 47.0 Å². The topological polar surface area (TPSA) is 68.0 Å². The average Bonchev–Trinajstić information content (AvgIpc) is 3.07. The quantitative estimate of drug-likeness (QED) is 0.705. The average molecular weight is 349 g/mol. The molecule has 1 amide bonds. The first-order valence-corrected chi connectivity index (χ1v) is 8.78. The Bertz CT molecular complexity index is 915. The Morgan fingerprint density at radius 3 is 2.69 bits per heavy atom. The predicted molar refractivity (Wildman–Crippen MR) is 102 cm³/mol. The van der Waals surface area contributed by atoms with Crippen molar-refractivity contribution in [1.82, 2.24) is 10.1 Å². The number of hydrogen-bond donors (Lipinski definition) is 1. The van der Waals surface area contributed by atoms with E-state index in [-0.39, 0.29) is 5.91 Å². The molecule has 0 aliphatic heterocycles. The Hall–Kier alpha value is -2.95. The summed E-state index contributed by atoms with van der Waals surface area (Å²) in [6.45, 7) is 6.02. The Labute approximate surface area is 153 Å². The third-order valence-electron chi connectivity index (χ3n) is 4.21. The predicted octanol–water partition coefficient (Wildman–Crippen LogP) is 4.62. The van der Waals surface area contributed by atoms with Crippen LogP contribution in [0.25, 0.3) is 11.4 Å². The normalized spacial score (nSPS) is 10.7. The van der Waals surface area contributed by atoms with E-state index in [1.165, 1.54) is 0 Å². The minimum Gasteiger partial charge on any atom is -0.339 e. The van der Waals surface area contributed by atoms with Crippen LogP contribution >= 0.6 is 0 Å². The molecule has 0 bridgehead atoms. The summed E-state index contributed by atoms with van der Waals surface area (Å²) in [5.41, 5.74) is 5.14. The summed E-state index contributed by atoms with van der Waals surface area (Å²) in [5, 5.41) is 7.00. The van der Waals surface area contributed by atoms with Crippen LogP contribution in [-0.2, 0) is 11.2 Å². The second-order valence-electron chi connectivity index (χ2n) is 6.60. The van der Waals surface area contributed by atoms with Gasteiger partial charge in [-0.3, -0.25) is 4.79 Å². The molecule has 1 N–H and O–H groups in total. The molecule has 1 aromatic heterocycles. The van der Waals surface area contributed by atoms with E-state index in [0.29, 0.717) is 31.0 Å². The van der Waals surface area contributed by atoms with Crippen LogP contribution in [0, 0.1) is 20.8 Å². The van der Waals surface area contributed by atoms with Crippen LogP contribution in [0.3, 0.4) is 0 Å². The molecule has 0 unspecified atom stereocenters. The fourth-order valence-electron chi connectivity index (χ4n) is 2.74. The molecular formula is C21H23N3O2. The lowest BCUT2D eigenvalue weighted by Gasteiger charge is -2.08. The molecule has 134 valence electrons. The minimum atomic E-state index is -0.00266. The number of carbonyl (C=O) groups is 1. The number of nitrogens with one attached hydrogen (secondary N) is 1. The Kier molecular flexibility index (Phi) is 5.46. The SMILES string of the molecule is Cc1cccc(-c2noc(CCCC(=O)Nc3cc(C)ccc3C)n2)c1. The molecule has 5 nitrogen and oxygen atoms in total. The molecule has 0 aliphatic rings. The van der Waals surface area contributed by atoms with Gasteiger partial charge in [-0.25, -0.2) is 0 Å². The Morgan fingerprint density at radius 1 is 1.08 bits per heavy atom. The molecule has 0 radical (unpaired) electrons. The molecule has 0 spiro atoms. The fourth-order valence-corrected chi connectivity index (χ4v) is 2.74. The summed E-state index contributed by atoms with van der Waals surface area (Å²) >= 11 is 0. The highest BCUT2D eigenvalue weighted by atomic mass is 16.5. The summed E-state index contributed by atoms with van der Waals surface area (Å²) in [7, 11) is 0. The van der Waals surface area contributed by atoms with E-state index < -0.39 is 0 Å². The highest BCUT2D eigenvalue weighted by molar-refractivity contribution is 5.91. The van der Waals surface area contributed by atoms with Crippen molar-refractivity contribution in [2.75, 3.05) is 5.32 Å². The van der Waals surface area contributed by atoms with E-state index in [1.54, 1.807) is 0 Å². The molecule has 0 fully saturated rings. The smallest absolute Gasteiger partial charge is 0.226 e. The largest absolute Gasteiger partial charge is 0.339 e. The van der Waals surface area contributed by atoms with Gasteiger partial charge in [-0.2, -0.15) is 4.98 Å². The van der Waals surface area contributed by atoms with E-state index in [4.69, 9.17) is 4.52 Å². The Balaban J connectivity index is 1.52. The molecule has 3 aromatic rings. The van der Waals surface area contributed by atoms with Crippen molar-refractivity contribution in [3.63, 3.8) is 0 Å². The molecule has 0 atom stereocenters. The molecule has 26 heavy (non-hydrogen) atoms. The van der Waals surface area contributed by atoms with Crippen LogP contribution in [0.1, 0.15) is 35.4 Å². The van der Waals surface area contributed by atoms with Gasteiger partial charge in [0.05, 0.1) is 0 Å². The van der Waals surface area contributed by atoms with Crippen molar-refractivity contribution in [3.8, 4) is 11.4 Å². The third kappa shape index (κ3) is 4.57. The number of rotatable bonds is 6. The molecular weight excluding hydrogens is 326 g/mol. The fraction of sp³-hybridized carbons (Fsp3) is 0.286. The number of nitrogens with zero attached hydrogens (tertiary/aromatic N) is 2. The molecule has 0 saturated heterocycles. The van der Waals surface area contributed by atoms with Gasteiger partial charge < -0.3 is 9.84 Å². The van der Waals surface area contributed by atoms with Crippen LogP contribution < -0.4 is 5.32 Å². The number of anilines is 1. The monoisotopic (exact) mass is 349 g/mol. The number of aromatic nitrogens is 2. The molecule has 0 aliphatic carbocycles. The van der Waals surface area contributed by atoms with Crippen molar-refractivity contribution < 1.29 is 9.32 Å². The van der Waals surface area contributed by atoms with E-state index in [0.717, 1.165) is 27.9 Å². The number of carbonyl (C=O) groups excluding carboxylic acids is 1. The van der Waals surface area contributed by atoms with E-state index in [2.05, 4.69) is 15.5 Å². The summed E-state index contributed by atoms with van der Waals surface area (Å²) in [6, 6.07) is 14.0. The van der Waals surface area contributed by atoms with Crippen molar-refractivity contribution in [1.29, 1.82) is 0 Å². The highest BCUT2D eigenvalue weighted by Gasteiger charge is 2.10. The summed E-state index contributed by atoms with van der Waals surface area (Å²) in [6.07, 6.45) is 1.65. The second-order valence-corrected chi connectivity index (χ2v) is 6.60. The number of amides is 1. The van der Waals surface area contributed by atoms with Crippen molar-refractivity contribution in [2.45, 2.75) is 40.0 Å². The molecule has 1 heterocycles. The summed E-state index contributed by atoms with van der Waals surface area (Å²) in [4.78, 5) is 16.6. The van der Waals surface area contributed by atoms with Gasteiger partial charge >= 0.3 is 0 Å². The number of hydrogen-bond acceptors (Lipinski definition) is 4. The van der Waals surface area contributed by atoms with Gasteiger partial charge in [0.15, 0.2) is 0 Å². The minimum absolute atomic E-state index is 0.00266. The van der Waals surface area contributed by atoms with Gasteiger partial charge in [-0.1, -0.05) is 41.1 Å². The first-order valence-electron chi connectivity index (χ1n) is 8.78.